The molecule has 1 aliphatic rings. The van der Waals surface area contributed by atoms with E-state index in [1.54, 1.807) is 0 Å². The van der Waals surface area contributed by atoms with Gasteiger partial charge >= 0.3 is 0 Å². The predicted octanol–water partition coefficient (Wildman–Crippen LogP) is 1.10. The zero-order chi connectivity index (χ0) is 17.8. The molecule has 0 unspecified atom stereocenters. The quantitative estimate of drug-likeness (QED) is 0.792. The monoisotopic (exact) mass is 341 g/mol. The SMILES string of the molecule is C=CCNC(=O)c1nnc2n(c1=O)CCN2c1ccc(OCC)cc1. The molecule has 1 amide bonds. The maximum absolute atomic E-state index is 12.5. The van der Waals surface area contributed by atoms with Gasteiger partial charge < -0.3 is 15.0 Å². The van der Waals surface area contributed by atoms with Gasteiger partial charge in [-0.05, 0) is 31.2 Å². The number of anilines is 2. The number of ether oxygens (including phenoxy) is 1. The summed E-state index contributed by atoms with van der Waals surface area (Å²) in [6, 6.07) is 7.53. The Balaban J connectivity index is 1.88. The Hall–Kier alpha value is -3.16. The minimum absolute atomic E-state index is 0.209. The Morgan fingerprint density at radius 2 is 2.08 bits per heavy atom. The number of hydrogen-bond acceptors (Lipinski definition) is 6. The number of fused-ring (bicyclic) bond motifs is 1. The lowest BCUT2D eigenvalue weighted by Crippen LogP contribution is -2.35. The molecule has 1 N–H and O–H groups in total. The third-order valence-corrected chi connectivity index (χ3v) is 3.80. The van der Waals surface area contributed by atoms with Gasteiger partial charge in [0.25, 0.3) is 11.5 Å². The number of carbonyl (C=O) groups is 1. The molecule has 25 heavy (non-hydrogen) atoms. The van der Waals surface area contributed by atoms with Crippen LogP contribution in [0.25, 0.3) is 0 Å². The van der Waals surface area contributed by atoms with Crippen LogP contribution in [0, 0.1) is 0 Å². The highest BCUT2D eigenvalue weighted by Crippen LogP contribution is 2.28. The van der Waals surface area contributed by atoms with E-state index >= 15 is 0 Å². The highest BCUT2D eigenvalue weighted by atomic mass is 16.5. The molecule has 8 heteroatoms. The first-order valence-electron chi connectivity index (χ1n) is 8.02. The molecule has 1 aromatic carbocycles. The molecule has 0 radical (unpaired) electrons. The first-order valence-corrected chi connectivity index (χ1v) is 8.02. The van der Waals surface area contributed by atoms with Crippen LogP contribution in [0.5, 0.6) is 5.75 Å². The number of nitrogens with zero attached hydrogens (tertiary/aromatic N) is 4. The minimum atomic E-state index is -0.549. The van der Waals surface area contributed by atoms with Crippen molar-refractivity contribution in [1.82, 2.24) is 20.1 Å². The Bertz CT molecular complexity index is 844. The average molecular weight is 341 g/mol. The maximum atomic E-state index is 12.5. The van der Waals surface area contributed by atoms with Crippen LogP contribution in [0.15, 0.2) is 41.7 Å². The van der Waals surface area contributed by atoms with E-state index in [0.717, 1.165) is 11.4 Å². The minimum Gasteiger partial charge on any atom is -0.494 e. The number of rotatable bonds is 6. The van der Waals surface area contributed by atoms with Crippen molar-refractivity contribution in [3.63, 3.8) is 0 Å². The molecule has 1 aliphatic heterocycles. The van der Waals surface area contributed by atoms with Gasteiger partial charge in [0.1, 0.15) is 5.75 Å². The molecule has 0 fully saturated rings. The van der Waals surface area contributed by atoms with Gasteiger partial charge in [-0.15, -0.1) is 16.8 Å². The second-order valence-electron chi connectivity index (χ2n) is 5.38. The van der Waals surface area contributed by atoms with E-state index in [4.69, 9.17) is 4.74 Å². The van der Waals surface area contributed by atoms with Gasteiger partial charge in [-0.1, -0.05) is 6.08 Å². The molecule has 0 saturated heterocycles. The van der Waals surface area contributed by atoms with Gasteiger partial charge in [0.15, 0.2) is 0 Å². The van der Waals surface area contributed by atoms with Crippen LogP contribution in [-0.4, -0.2) is 40.4 Å². The van der Waals surface area contributed by atoms with Crippen LogP contribution in [0.1, 0.15) is 17.4 Å². The van der Waals surface area contributed by atoms with E-state index in [9.17, 15) is 9.59 Å². The Morgan fingerprint density at radius 1 is 1.32 bits per heavy atom. The van der Waals surface area contributed by atoms with Gasteiger partial charge in [-0.25, -0.2) is 0 Å². The van der Waals surface area contributed by atoms with Crippen molar-refractivity contribution >= 4 is 17.5 Å². The summed E-state index contributed by atoms with van der Waals surface area (Å²) >= 11 is 0. The van der Waals surface area contributed by atoms with Crippen LogP contribution >= 0.6 is 0 Å². The second-order valence-corrected chi connectivity index (χ2v) is 5.38. The van der Waals surface area contributed by atoms with Crippen molar-refractivity contribution in [2.45, 2.75) is 13.5 Å². The summed E-state index contributed by atoms with van der Waals surface area (Å²) in [5, 5.41) is 10.5. The van der Waals surface area contributed by atoms with Crippen LogP contribution in [0.2, 0.25) is 0 Å². The van der Waals surface area contributed by atoms with Crippen LogP contribution in [0.3, 0.4) is 0 Å². The fourth-order valence-corrected chi connectivity index (χ4v) is 2.64. The van der Waals surface area contributed by atoms with Crippen molar-refractivity contribution in [3.05, 3.63) is 53.0 Å². The highest BCUT2D eigenvalue weighted by molar-refractivity contribution is 5.91. The summed E-state index contributed by atoms with van der Waals surface area (Å²) in [6.07, 6.45) is 1.53. The number of hydrogen-bond donors (Lipinski definition) is 1. The van der Waals surface area contributed by atoms with Crippen molar-refractivity contribution in [2.75, 3.05) is 24.6 Å². The van der Waals surface area contributed by atoms with E-state index in [-0.39, 0.29) is 12.2 Å². The smallest absolute Gasteiger partial charge is 0.286 e. The molecule has 2 heterocycles. The van der Waals surface area contributed by atoms with Gasteiger partial charge in [0.2, 0.25) is 11.6 Å². The standard InChI is InChI=1S/C17H19N5O3/c1-3-9-18-15(23)14-16(24)22-11-10-21(17(22)20-19-14)12-5-7-13(8-6-12)25-4-2/h3,5-8H,1,4,9-11H2,2H3,(H,18,23). The normalized spacial score (nSPS) is 12.6. The summed E-state index contributed by atoms with van der Waals surface area (Å²) < 4.78 is 6.90. The third kappa shape index (κ3) is 3.23. The first-order chi connectivity index (χ1) is 12.2. The molecular weight excluding hydrogens is 322 g/mol. The Kier molecular flexibility index (Phi) is 4.78. The summed E-state index contributed by atoms with van der Waals surface area (Å²) in [4.78, 5) is 26.4. The van der Waals surface area contributed by atoms with E-state index in [2.05, 4.69) is 22.1 Å². The van der Waals surface area contributed by atoms with E-state index in [1.165, 1.54) is 10.6 Å². The molecule has 3 rings (SSSR count). The van der Waals surface area contributed by atoms with E-state index < -0.39 is 11.5 Å². The molecule has 0 saturated carbocycles. The summed E-state index contributed by atoms with van der Waals surface area (Å²) in [5.74, 6) is 0.657. The van der Waals surface area contributed by atoms with Crippen LogP contribution in [0.4, 0.5) is 11.6 Å². The zero-order valence-corrected chi connectivity index (χ0v) is 13.9. The summed E-state index contributed by atoms with van der Waals surface area (Å²) in [5.41, 5.74) is 0.228. The zero-order valence-electron chi connectivity index (χ0n) is 13.9. The molecule has 2 aromatic rings. The van der Waals surface area contributed by atoms with E-state index in [0.29, 0.717) is 25.6 Å². The van der Waals surface area contributed by atoms with Crippen molar-refractivity contribution in [1.29, 1.82) is 0 Å². The molecule has 0 bridgehead atoms. The van der Waals surface area contributed by atoms with Gasteiger partial charge in [0.05, 0.1) is 6.61 Å². The molecular formula is C17H19N5O3. The number of amides is 1. The first kappa shape index (κ1) is 16.7. The van der Waals surface area contributed by atoms with Crippen LogP contribution < -0.4 is 20.5 Å². The molecule has 1 aromatic heterocycles. The predicted molar refractivity (Wildman–Crippen MR) is 93.4 cm³/mol. The maximum Gasteiger partial charge on any atom is 0.286 e. The Morgan fingerprint density at radius 3 is 2.76 bits per heavy atom. The van der Waals surface area contributed by atoms with Gasteiger partial charge in [-0.2, -0.15) is 0 Å². The van der Waals surface area contributed by atoms with Crippen molar-refractivity contribution in [2.24, 2.45) is 0 Å². The fraction of sp³-hybridized carbons (Fsp3) is 0.294. The Labute approximate surface area is 144 Å². The topological polar surface area (TPSA) is 89.3 Å². The van der Waals surface area contributed by atoms with E-state index in [1.807, 2.05) is 36.1 Å². The summed E-state index contributed by atoms with van der Waals surface area (Å²) in [7, 11) is 0. The average Bonchev–Trinajstić information content (AvgIpc) is 3.06. The molecule has 0 atom stereocenters. The largest absolute Gasteiger partial charge is 0.494 e. The lowest BCUT2D eigenvalue weighted by atomic mass is 10.3. The number of aromatic nitrogens is 3. The number of carbonyl (C=O) groups excluding carboxylic acids is 1. The van der Waals surface area contributed by atoms with Crippen molar-refractivity contribution in [3.8, 4) is 5.75 Å². The van der Waals surface area contributed by atoms with Crippen molar-refractivity contribution < 1.29 is 9.53 Å². The van der Waals surface area contributed by atoms with Crippen LogP contribution in [-0.2, 0) is 6.54 Å². The number of nitrogens with one attached hydrogen (secondary N) is 1. The second kappa shape index (κ2) is 7.16. The number of benzene rings is 1. The van der Waals surface area contributed by atoms with Gasteiger partial charge in [0, 0.05) is 25.3 Å². The lowest BCUT2D eigenvalue weighted by Gasteiger charge is -2.17. The third-order valence-electron chi connectivity index (χ3n) is 3.80. The highest BCUT2D eigenvalue weighted by Gasteiger charge is 2.27. The lowest BCUT2D eigenvalue weighted by molar-refractivity contribution is 0.0949. The molecule has 0 spiro atoms. The van der Waals surface area contributed by atoms with Gasteiger partial charge in [-0.3, -0.25) is 14.2 Å². The molecule has 130 valence electrons. The molecule has 0 aliphatic carbocycles. The summed E-state index contributed by atoms with van der Waals surface area (Å²) in [6.45, 7) is 7.33. The fourth-order valence-electron chi connectivity index (χ4n) is 2.64. The molecule has 8 nitrogen and oxygen atoms in total.